The van der Waals surface area contributed by atoms with E-state index in [1.807, 2.05) is 26.1 Å². The van der Waals surface area contributed by atoms with Crippen molar-refractivity contribution in [3.63, 3.8) is 0 Å². The zero-order valence-electron chi connectivity index (χ0n) is 16.3. The number of esters is 1. The highest BCUT2D eigenvalue weighted by Gasteiger charge is 2.14. The van der Waals surface area contributed by atoms with E-state index in [4.69, 9.17) is 9.47 Å². The Balaban J connectivity index is 1.91. The first-order valence-electron chi connectivity index (χ1n) is 8.94. The summed E-state index contributed by atoms with van der Waals surface area (Å²) in [4.78, 5) is 25.0. The number of hydrogen-bond acceptors (Lipinski definition) is 4. The number of nitrogens with one attached hydrogen (secondary N) is 2. The molecule has 2 N–H and O–H groups in total. The van der Waals surface area contributed by atoms with E-state index in [9.17, 15) is 9.59 Å². The average molecular weight is 371 g/mol. The molecular formula is C21H27N2O4+. The molecule has 0 radical (unpaired) electrons. The molecule has 0 heterocycles. The van der Waals surface area contributed by atoms with Gasteiger partial charge < -0.3 is 19.7 Å². The van der Waals surface area contributed by atoms with Gasteiger partial charge in [0.25, 0.3) is 5.91 Å². The highest BCUT2D eigenvalue weighted by molar-refractivity contribution is 5.93. The fourth-order valence-electron chi connectivity index (χ4n) is 2.82. The summed E-state index contributed by atoms with van der Waals surface area (Å²) in [6.45, 7) is 5.12. The molecule has 0 fully saturated rings. The van der Waals surface area contributed by atoms with Crippen molar-refractivity contribution < 1.29 is 24.0 Å². The van der Waals surface area contributed by atoms with E-state index < -0.39 is 0 Å². The number of ether oxygens (including phenoxy) is 2. The van der Waals surface area contributed by atoms with E-state index in [0.29, 0.717) is 30.9 Å². The number of carbonyl (C=O) groups excluding carboxylic acids is 2. The smallest absolute Gasteiger partial charge is 0.338 e. The number of methoxy groups -OCH3 is 1. The minimum Gasteiger partial charge on any atom is -0.496 e. The van der Waals surface area contributed by atoms with Gasteiger partial charge in [0.15, 0.2) is 6.54 Å². The third-order valence-electron chi connectivity index (χ3n) is 4.07. The van der Waals surface area contributed by atoms with E-state index in [0.717, 1.165) is 21.8 Å². The molecule has 6 heteroatoms. The summed E-state index contributed by atoms with van der Waals surface area (Å²) >= 11 is 0. The van der Waals surface area contributed by atoms with E-state index in [1.54, 1.807) is 38.3 Å². The lowest BCUT2D eigenvalue weighted by atomic mass is 10.1. The van der Waals surface area contributed by atoms with Crippen molar-refractivity contribution in [2.24, 2.45) is 0 Å². The number of quaternary nitrogens is 1. The van der Waals surface area contributed by atoms with Crippen LogP contribution in [-0.4, -0.2) is 39.2 Å². The fraction of sp³-hybridized carbons (Fsp3) is 0.333. The summed E-state index contributed by atoms with van der Waals surface area (Å²) in [6.07, 6.45) is 0. The Kier molecular flexibility index (Phi) is 7.37. The van der Waals surface area contributed by atoms with Gasteiger partial charge >= 0.3 is 5.97 Å². The van der Waals surface area contributed by atoms with Gasteiger partial charge in [0.05, 0.1) is 26.3 Å². The van der Waals surface area contributed by atoms with Gasteiger partial charge in [-0.25, -0.2) is 4.79 Å². The number of hydrogen-bond donors (Lipinski definition) is 2. The van der Waals surface area contributed by atoms with Crippen molar-refractivity contribution in [2.75, 3.05) is 32.6 Å². The maximum absolute atomic E-state index is 12.3. The molecule has 0 aliphatic carbocycles. The molecule has 0 spiro atoms. The number of likely N-dealkylation sites (N-methyl/N-ethyl adjacent to an activating group) is 1. The third kappa shape index (κ3) is 6.11. The molecule has 144 valence electrons. The molecule has 1 amide bonds. The number of benzene rings is 2. The molecule has 0 bridgehead atoms. The largest absolute Gasteiger partial charge is 0.496 e. The van der Waals surface area contributed by atoms with E-state index >= 15 is 0 Å². The minimum atomic E-state index is -0.369. The standard InChI is InChI=1S/C21H26N2O4/c1-5-27-21(25)16-7-9-18(10-8-16)22-20(24)14-23(3)13-17-12-15(2)6-11-19(17)26-4/h6-12H,5,13-14H2,1-4H3,(H,22,24)/p+1. The summed E-state index contributed by atoms with van der Waals surface area (Å²) in [5.41, 5.74) is 3.34. The highest BCUT2D eigenvalue weighted by Crippen LogP contribution is 2.18. The quantitative estimate of drug-likeness (QED) is 0.695. The summed E-state index contributed by atoms with van der Waals surface area (Å²) in [6, 6.07) is 12.7. The normalized spacial score (nSPS) is 11.6. The molecule has 0 aromatic heterocycles. The molecule has 0 aliphatic rings. The highest BCUT2D eigenvalue weighted by atomic mass is 16.5. The Labute approximate surface area is 160 Å². The van der Waals surface area contributed by atoms with Gasteiger partial charge in [0, 0.05) is 11.3 Å². The number of carbonyl (C=O) groups is 2. The zero-order valence-corrected chi connectivity index (χ0v) is 16.3. The number of amides is 1. The second-order valence-corrected chi connectivity index (χ2v) is 6.47. The number of anilines is 1. The van der Waals surface area contributed by atoms with Crippen LogP contribution in [0.1, 0.15) is 28.4 Å². The third-order valence-corrected chi connectivity index (χ3v) is 4.07. The molecule has 2 aromatic rings. The average Bonchev–Trinajstić information content (AvgIpc) is 2.62. The van der Waals surface area contributed by atoms with Crippen LogP contribution in [0.4, 0.5) is 5.69 Å². The van der Waals surface area contributed by atoms with Gasteiger partial charge in [-0.1, -0.05) is 11.6 Å². The molecule has 2 rings (SSSR count). The van der Waals surface area contributed by atoms with Crippen LogP contribution in [0.25, 0.3) is 0 Å². The SMILES string of the molecule is CCOC(=O)c1ccc(NC(=O)C[NH+](C)Cc2cc(C)ccc2OC)cc1. The Morgan fingerprint density at radius 2 is 1.81 bits per heavy atom. The summed E-state index contributed by atoms with van der Waals surface area (Å²) < 4.78 is 10.3. The summed E-state index contributed by atoms with van der Waals surface area (Å²) in [5, 5.41) is 2.85. The van der Waals surface area contributed by atoms with Crippen molar-refractivity contribution in [3.05, 3.63) is 59.2 Å². The van der Waals surface area contributed by atoms with Crippen LogP contribution in [0.15, 0.2) is 42.5 Å². The lowest BCUT2D eigenvalue weighted by Crippen LogP contribution is -3.08. The molecular weight excluding hydrogens is 344 g/mol. The van der Waals surface area contributed by atoms with Gasteiger partial charge in [-0.15, -0.1) is 0 Å². The molecule has 2 aromatic carbocycles. The van der Waals surface area contributed by atoms with Crippen LogP contribution >= 0.6 is 0 Å². The van der Waals surface area contributed by atoms with Crippen molar-refractivity contribution >= 4 is 17.6 Å². The summed E-state index contributed by atoms with van der Waals surface area (Å²) in [5.74, 6) is 0.365. The topological polar surface area (TPSA) is 69.1 Å². The van der Waals surface area contributed by atoms with Crippen LogP contribution in [0, 0.1) is 6.92 Å². The first-order valence-corrected chi connectivity index (χ1v) is 8.94. The second-order valence-electron chi connectivity index (χ2n) is 6.47. The van der Waals surface area contributed by atoms with E-state index in [1.165, 1.54) is 0 Å². The van der Waals surface area contributed by atoms with Gasteiger partial charge in [-0.2, -0.15) is 0 Å². The van der Waals surface area contributed by atoms with Crippen LogP contribution in [0.2, 0.25) is 0 Å². The Bertz CT molecular complexity index is 787. The lowest BCUT2D eigenvalue weighted by Gasteiger charge is -2.16. The van der Waals surface area contributed by atoms with E-state index in [2.05, 4.69) is 11.4 Å². The van der Waals surface area contributed by atoms with Gasteiger partial charge in [0.1, 0.15) is 12.3 Å². The van der Waals surface area contributed by atoms with Crippen LogP contribution in [0.3, 0.4) is 0 Å². The molecule has 0 aliphatic heterocycles. The van der Waals surface area contributed by atoms with Gasteiger partial charge in [-0.3, -0.25) is 4.79 Å². The van der Waals surface area contributed by atoms with E-state index in [-0.39, 0.29) is 11.9 Å². The molecule has 0 saturated carbocycles. The molecule has 27 heavy (non-hydrogen) atoms. The second kappa shape index (κ2) is 9.73. The first-order chi connectivity index (χ1) is 12.9. The zero-order chi connectivity index (χ0) is 19.8. The Hall–Kier alpha value is -2.86. The molecule has 1 atom stereocenters. The fourth-order valence-corrected chi connectivity index (χ4v) is 2.82. The van der Waals surface area contributed by atoms with Gasteiger partial charge in [0.2, 0.25) is 0 Å². The van der Waals surface area contributed by atoms with Gasteiger partial charge in [-0.05, 0) is 50.2 Å². The van der Waals surface area contributed by atoms with Crippen molar-refractivity contribution in [3.8, 4) is 5.75 Å². The van der Waals surface area contributed by atoms with Crippen LogP contribution in [0.5, 0.6) is 5.75 Å². The minimum absolute atomic E-state index is 0.0944. The van der Waals surface area contributed by atoms with Crippen LogP contribution < -0.4 is 15.0 Å². The maximum Gasteiger partial charge on any atom is 0.338 e. The Morgan fingerprint density at radius 3 is 2.44 bits per heavy atom. The maximum atomic E-state index is 12.3. The molecule has 0 saturated heterocycles. The summed E-state index contributed by atoms with van der Waals surface area (Å²) in [7, 11) is 3.61. The number of aryl methyl sites for hydroxylation is 1. The lowest BCUT2D eigenvalue weighted by molar-refractivity contribution is -0.885. The Morgan fingerprint density at radius 1 is 1.11 bits per heavy atom. The number of rotatable bonds is 8. The first kappa shape index (κ1) is 20.5. The molecule has 6 nitrogen and oxygen atoms in total. The van der Waals surface area contributed by atoms with Crippen LogP contribution in [-0.2, 0) is 16.1 Å². The predicted octanol–water partition coefficient (Wildman–Crippen LogP) is 1.83. The van der Waals surface area contributed by atoms with Crippen molar-refractivity contribution in [1.82, 2.24) is 0 Å². The predicted molar refractivity (Wildman–Crippen MR) is 104 cm³/mol. The monoisotopic (exact) mass is 371 g/mol. The molecule has 1 unspecified atom stereocenters. The van der Waals surface area contributed by atoms with Crippen molar-refractivity contribution in [2.45, 2.75) is 20.4 Å². The van der Waals surface area contributed by atoms with Crippen molar-refractivity contribution in [1.29, 1.82) is 0 Å².